The molecule has 0 spiro atoms. The minimum atomic E-state index is -0.399. The van der Waals surface area contributed by atoms with Crippen molar-refractivity contribution >= 4 is 28.7 Å². The average molecular weight is 371 g/mol. The van der Waals surface area contributed by atoms with Gasteiger partial charge in [-0.3, -0.25) is 19.7 Å². The summed E-state index contributed by atoms with van der Waals surface area (Å²) >= 11 is 1.00. The van der Waals surface area contributed by atoms with Crippen LogP contribution < -0.4 is 14.8 Å². The first-order valence-corrected chi connectivity index (χ1v) is 8.83. The van der Waals surface area contributed by atoms with Crippen molar-refractivity contribution in [2.45, 2.75) is 11.7 Å². The number of methoxy groups -OCH3 is 1. The van der Waals surface area contributed by atoms with E-state index in [0.717, 1.165) is 17.3 Å². The van der Waals surface area contributed by atoms with Gasteiger partial charge in [0.2, 0.25) is 5.91 Å². The zero-order chi connectivity index (χ0) is 18.5. The summed E-state index contributed by atoms with van der Waals surface area (Å²) in [7, 11) is 1.55. The maximum atomic E-state index is 12.2. The summed E-state index contributed by atoms with van der Waals surface area (Å²) in [6.45, 7) is -0.0814. The molecule has 0 radical (unpaired) electrons. The Balaban J connectivity index is 1.55. The lowest BCUT2D eigenvalue weighted by Crippen LogP contribution is -2.25. The van der Waals surface area contributed by atoms with Crippen LogP contribution in [0.5, 0.6) is 11.5 Å². The lowest BCUT2D eigenvalue weighted by molar-refractivity contribution is -0.118. The summed E-state index contributed by atoms with van der Waals surface area (Å²) in [5.74, 6) is 0.770. The lowest BCUT2D eigenvalue weighted by Gasteiger charge is -2.09. The van der Waals surface area contributed by atoms with Crippen molar-refractivity contribution in [1.29, 1.82) is 0 Å². The van der Waals surface area contributed by atoms with Gasteiger partial charge in [0.1, 0.15) is 11.5 Å². The van der Waals surface area contributed by atoms with Crippen LogP contribution in [0.2, 0.25) is 0 Å². The lowest BCUT2D eigenvalue weighted by atomic mass is 10.1. The zero-order valence-corrected chi connectivity index (χ0v) is 14.9. The molecule has 0 saturated carbocycles. The summed E-state index contributed by atoms with van der Waals surface area (Å²) < 4.78 is 10.6. The number of nitrogens with one attached hydrogen (secondary N) is 1. The third-order valence-electron chi connectivity index (χ3n) is 3.87. The Morgan fingerprint density at radius 2 is 1.88 bits per heavy atom. The number of carbonyl (C=O) groups excluding carboxylic acids is 3. The number of amides is 2. The quantitative estimate of drug-likeness (QED) is 0.754. The first-order chi connectivity index (χ1) is 12.5. The Hall–Kier alpha value is -2.80. The predicted octanol–water partition coefficient (Wildman–Crippen LogP) is 2.85. The van der Waals surface area contributed by atoms with Gasteiger partial charge in [0.05, 0.1) is 12.4 Å². The van der Waals surface area contributed by atoms with E-state index in [1.165, 1.54) is 0 Å². The smallest absolute Gasteiger partial charge is 0.286 e. The van der Waals surface area contributed by atoms with Crippen LogP contribution in [-0.2, 0) is 11.2 Å². The topological polar surface area (TPSA) is 81.7 Å². The predicted molar refractivity (Wildman–Crippen MR) is 97.9 cm³/mol. The third kappa shape index (κ3) is 4.43. The molecule has 1 unspecified atom stereocenters. The molecule has 1 aliphatic heterocycles. The number of rotatable bonds is 7. The number of imide groups is 1. The maximum Gasteiger partial charge on any atom is 0.286 e. The normalized spacial score (nSPS) is 16.3. The largest absolute Gasteiger partial charge is 0.497 e. The van der Waals surface area contributed by atoms with Crippen LogP contribution in [-0.4, -0.2) is 35.9 Å². The number of hydrogen-bond donors (Lipinski definition) is 1. The van der Waals surface area contributed by atoms with Gasteiger partial charge in [0, 0.05) is 5.56 Å². The van der Waals surface area contributed by atoms with E-state index < -0.39 is 5.25 Å². The Morgan fingerprint density at radius 3 is 2.54 bits per heavy atom. The van der Waals surface area contributed by atoms with Crippen molar-refractivity contribution in [1.82, 2.24) is 5.32 Å². The van der Waals surface area contributed by atoms with Gasteiger partial charge >= 0.3 is 0 Å². The molecule has 2 aromatic carbocycles. The number of benzene rings is 2. The van der Waals surface area contributed by atoms with Crippen molar-refractivity contribution in [2.75, 3.05) is 13.7 Å². The molecule has 134 valence electrons. The van der Waals surface area contributed by atoms with E-state index >= 15 is 0 Å². The van der Waals surface area contributed by atoms with Crippen LogP contribution in [0, 0.1) is 0 Å². The van der Waals surface area contributed by atoms with Crippen LogP contribution in [0.4, 0.5) is 4.79 Å². The molecule has 1 fully saturated rings. The van der Waals surface area contributed by atoms with Crippen LogP contribution in [0.3, 0.4) is 0 Å². The molecular weight excluding hydrogens is 354 g/mol. The van der Waals surface area contributed by atoms with Crippen LogP contribution >= 0.6 is 11.8 Å². The highest BCUT2D eigenvalue weighted by atomic mass is 32.2. The molecule has 6 nitrogen and oxygen atoms in total. The van der Waals surface area contributed by atoms with Crippen LogP contribution in [0.25, 0.3) is 0 Å². The second kappa shape index (κ2) is 8.05. The number of thioether (sulfide) groups is 1. The highest BCUT2D eigenvalue weighted by molar-refractivity contribution is 8.15. The highest BCUT2D eigenvalue weighted by Gasteiger charge is 2.31. The van der Waals surface area contributed by atoms with Crippen LogP contribution in [0.1, 0.15) is 15.9 Å². The highest BCUT2D eigenvalue weighted by Crippen LogP contribution is 2.24. The summed E-state index contributed by atoms with van der Waals surface area (Å²) in [5, 5.41) is 1.56. The Kier molecular flexibility index (Phi) is 5.58. The first kappa shape index (κ1) is 18.0. The molecule has 0 aliphatic carbocycles. The van der Waals surface area contributed by atoms with Gasteiger partial charge in [-0.25, -0.2) is 0 Å². The van der Waals surface area contributed by atoms with E-state index in [9.17, 15) is 14.4 Å². The molecule has 2 aromatic rings. The Morgan fingerprint density at radius 1 is 1.12 bits per heavy atom. The number of ketones is 1. The molecule has 26 heavy (non-hydrogen) atoms. The minimum Gasteiger partial charge on any atom is -0.497 e. The molecule has 3 rings (SSSR count). The average Bonchev–Trinajstić information content (AvgIpc) is 2.97. The fourth-order valence-corrected chi connectivity index (χ4v) is 3.35. The number of hydrogen-bond acceptors (Lipinski definition) is 6. The maximum absolute atomic E-state index is 12.2. The van der Waals surface area contributed by atoms with Gasteiger partial charge in [-0.1, -0.05) is 36.0 Å². The van der Waals surface area contributed by atoms with Gasteiger partial charge in [0.15, 0.2) is 12.4 Å². The van der Waals surface area contributed by atoms with Crippen molar-refractivity contribution in [2.24, 2.45) is 0 Å². The van der Waals surface area contributed by atoms with Gasteiger partial charge < -0.3 is 9.47 Å². The second-order valence-corrected chi connectivity index (χ2v) is 6.85. The molecule has 0 aromatic heterocycles. The SMILES string of the molecule is COc1cccc(C(=O)COc2ccc(CC3SC(=O)NC3=O)cc2)c1. The van der Waals surface area contributed by atoms with Gasteiger partial charge in [0.25, 0.3) is 5.24 Å². The van der Waals surface area contributed by atoms with E-state index in [1.54, 1.807) is 43.5 Å². The van der Waals surface area contributed by atoms with E-state index in [2.05, 4.69) is 5.32 Å². The van der Waals surface area contributed by atoms with Crippen molar-refractivity contribution in [3.63, 3.8) is 0 Å². The fraction of sp³-hybridized carbons (Fsp3) is 0.211. The molecular formula is C19H17NO5S. The molecule has 1 N–H and O–H groups in total. The van der Waals surface area contributed by atoms with E-state index in [4.69, 9.17) is 9.47 Å². The second-order valence-electron chi connectivity index (χ2n) is 5.68. The fourth-order valence-electron chi connectivity index (χ4n) is 2.49. The molecule has 2 amide bonds. The molecule has 1 saturated heterocycles. The third-order valence-corrected chi connectivity index (χ3v) is 4.85. The number of carbonyl (C=O) groups is 3. The number of Topliss-reactive ketones (excluding diaryl/α,β-unsaturated/α-hetero) is 1. The summed E-state index contributed by atoms with van der Waals surface area (Å²) in [4.78, 5) is 35.0. The molecule has 1 atom stereocenters. The van der Waals surface area contributed by atoms with Crippen molar-refractivity contribution < 1.29 is 23.9 Å². The van der Waals surface area contributed by atoms with Gasteiger partial charge in [-0.05, 0) is 36.2 Å². The van der Waals surface area contributed by atoms with E-state index in [1.807, 2.05) is 12.1 Å². The Labute approximate surface area is 154 Å². The standard InChI is InChI=1S/C19H17NO5S/c1-24-15-4-2-3-13(10-15)16(21)11-25-14-7-5-12(6-8-14)9-17-18(22)20-19(23)26-17/h2-8,10,17H,9,11H2,1H3,(H,20,22,23). The summed E-state index contributed by atoms with van der Waals surface area (Å²) in [6, 6.07) is 14.0. The van der Waals surface area contributed by atoms with E-state index in [-0.39, 0.29) is 23.5 Å². The molecule has 1 heterocycles. The minimum absolute atomic E-state index is 0.0814. The first-order valence-electron chi connectivity index (χ1n) is 7.95. The van der Waals surface area contributed by atoms with E-state index in [0.29, 0.717) is 23.5 Å². The van der Waals surface area contributed by atoms with Crippen molar-refractivity contribution in [3.8, 4) is 11.5 Å². The Bertz CT molecular complexity index is 834. The number of ether oxygens (including phenoxy) is 2. The monoisotopic (exact) mass is 371 g/mol. The molecule has 7 heteroatoms. The molecule has 1 aliphatic rings. The zero-order valence-electron chi connectivity index (χ0n) is 14.1. The van der Waals surface area contributed by atoms with Crippen molar-refractivity contribution in [3.05, 3.63) is 59.7 Å². The molecule has 0 bridgehead atoms. The summed E-state index contributed by atoms with van der Waals surface area (Å²) in [6.07, 6.45) is 0.464. The summed E-state index contributed by atoms with van der Waals surface area (Å²) in [5.41, 5.74) is 1.44. The van der Waals surface area contributed by atoms with Gasteiger partial charge in [-0.15, -0.1) is 0 Å². The van der Waals surface area contributed by atoms with Crippen LogP contribution in [0.15, 0.2) is 48.5 Å². The van der Waals surface area contributed by atoms with Gasteiger partial charge in [-0.2, -0.15) is 0 Å².